The first-order chi connectivity index (χ1) is 13.3. The number of hydrogen-bond acceptors (Lipinski definition) is 3. The van der Waals surface area contributed by atoms with Gasteiger partial charge in [0.25, 0.3) is 0 Å². The van der Waals surface area contributed by atoms with Crippen molar-refractivity contribution in [1.82, 2.24) is 0 Å². The number of anilines is 1. The second-order valence-corrected chi connectivity index (χ2v) is 9.43. The van der Waals surface area contributed by atoms with Gasteiger partial charge in [0.15, 0.2) is 0 Å². The third-order valence-corrected chi connectivity index (χ3v) is 7.73. The SMILES string of the molecule is Cc1c(N(Cc2cccc(OC(F)(F)F)c2)S(=O)C2CC2)sc2ccccc12. The van der Waals surface area contributed by atoms with Crippen LogP contribution in [0.3, 0.4) is 0 Å². The summed E-state index contributed by atoms with van der Waals surface area (Å²) in [6.07, 6.45) is -2.92. The van der Waals surface area contributed by atoms with Crippen molar-refractivity contribution in [2.75, 3.05) is 4.31 Å². The molecule has 1 heterocycles. The van der Waals surface area contributed by atoms with Crippen LogP contribution in [-0.2, 0) is 17.5 Å². The average Bonchev–Trinajstić information content (AvgIpc) is 3.43. The molecule has 0 spiro atoms. The zero-order valence-corrected chi connectivity index (χ0v) is 16.7. The van der Waals surface area contributed by atoms with E-state index in [1.807, 2.05) is 35.5 Å². The largest absolute Gasteiger partial charge is 0.573 e. The van der Waals surface area contributed by atoms with Crippen molar-refractivity contribution in [3.63, 3.8) is 0 Å². The number of rotatable bonds is 6. The zero-order chi connectivity index (χ0) is 19.9. The van der Waals surface area contributed by atoms with Crippen molar-refractivity contribution in [2.45, 2.75) is 37.9 Å². The van der Waals surface area contributed by atoms with E-state index in [0.717, 1.165) is 33.5 Å². The molecule has 1 atom stereocenters. The molecule has 2 aromatic carbocycles. The average molecular weight is 425 g/mol. The number of nitrogens with zero attached hydrogens (tertiary/aromatic N) is 1. The fourth-order valence-corrected chi connectivity index (χ4v) is 6.00. The number of alkyl halides is 3. The van der Waals surface area contributed by atoms with Crippen molar-refractivity contribution < 1.29 is 22.1 Å². The highest BCUT2D eigenvalue weighted by Crippen LogP contribution is 2.41. The minimum atomic E-state index is -4.74. The normalized spacial score (nSPS) is 15.6. The Morgan fingerprint density at radius 3 is 2.61 bits per heavy atom. The van der Waals surface area contributed by atoms with E-state index in [-0.39, 0.29) is 17.5 Å². The molecular formula is C20H18F3NO2S2. The molecule has 0 N–H and O–H groups in total. The molecule has 1 unspecified atom stereocenters. The van der Waals surface area contributed by atoms with E-state index >= 15 is 0 Å². The van der Waals surface area contributed by atoms with E-state index in [9.17, 15) is 17.4 Å². The summed E-state index contributed by atoms with van der Waals surface area (Å²) < 4.78 is 57.6. The Kier molecular flexibility index (Phi) is 5.09. The lowest BCUT2D eigenvalue weighted by Gasteiger charge is -2.23. The Bertz CT molecular complexity index is 1030. The van der Waals surface area contributed by atoms with Crippen LogP contribution >= 0.6 is 11.3 Å². The van der Waals surface area contributed by atoms with Gasteiger partial charge >= 0.3 is 6.36 Å². The van der Waals surface area contributed by atoms with Crippen molar-refractivity contribution in [3.05, 3.63) is 59.7 Å². The van der Waals surface area contributed by atoms with Gasteiger partial charge < -0.3 is 4.74 Å². The monoisotopic (exact) mass is 425 g/mol. The van der Waals surface area contributed by atoms with Crippen molar-refractivity contribution >= 4 is 37.4 Å². The molecule has 8 heteroatoms. The summed E-state index contributed by atoms with van der Waals surface area (Å²) in [5, 5.41) is 2.11. The molecule has 0 aliphatic heterocycles. The third-order valence-electron chi connectivity index (χ3n) is 4.53. The second-order valence-electron chi connectivity index (χ2n) is 6.74. The summed E-state index contributed by atoms with van der Waals surface area (Å²) >= 11 is 1.56. The van der Waals surface area contributed by atoms with Crippen LogP contribution in [0.5, 0.6) is 5.75 Å². The molecule has 1 aliphatic carbocycles. The van der Waals surface area contributed by atoms with E-state index in [0.29, 0.717) is 5.56 Å². The van der Waals surface area contributed by atoms with E-state index in [1.54, 1.807) is 17.4 Å². The van der Waals surface area contributed by atoms with Crippen molar-refractivity contribution in [2.24, 2.45) is 0 Å². The Balaban J connectivity index is 1.68. The summed E-state index contributed by atoms with van der Waals surface area (Å²) in [6, 6.07) is 13.8. The first-order valence-electron chi connectivity index (χ1n) is 8.83. The van der Waals surface area contributed by atoms with E-state index in [2.05, 4.69) is 4.74 Å². The van der Waals surface area contributed by atoms with Crippen LogP contribution in [0.25, 0.3) is 10.1 Å². The molecule has 0 amide bonds. The molecule has 1 aliphatic rings. The van der Waals surface area contributed by atoms with Crippen LogP contribution in [0.1, 0.15) is 24.0 Å². The van der Waals surface area contributed by atoms with Gasteiger partial charge in [0, 0.05) is 4.70 Å². The maximum atomic E-state index is 13.1. The number of hydrogen-bond donors (Lipinski definition) is 0. The first kappa shape index (κ1) is 19.3. The molecule has 4 rings (SSSR count). The van der Waals surface area contributed by atoms with Gasteiger partial charge in [-0.2, -0.15) is 0 Å². The molecule has 3 nitrogen and oxygen atoms in total. The molecule has 3 aromatic rings. The topological polar surface area (TPSA) is 29.5 Å². The molecule has 1 aromatic heterocycles. The maximum absolute atomic E-state index is 13.1. The van der Waals surface area contributed by atoms with Gasteiger partial charge in [0.05, 0.1) is 11.8 Å². The molecular weight excluding hydrogens is 407 g/mol. The fourth-order valence-electron chi connectivity index (χ4n) is 3.07. The zero-order valence-electron chi connectivity index (χ0n) is 15.0. The number of benzene rings is 2. The first-order valence-corrected chi connectivity index (χ1v) is 10.8. The van der Waals surface area contributed by atoms with Crippen molar-refractivity contribution in [3.8, 4) is 5.75 Å². The number of fused-ring (bicyclic) bond motifs is 1. The van der Waals surface area contributed by atoms with Crippen LogP contribution < -0.4 is 9.04 Å². The van der Waals surface area contributed by atoms with E-state index in [4.69, 9.17) is 0 Å². The van der Waals surface area contributed by atoms with Gasteiger partial charge in [-0.3, -0.25) is 4.31 Å². The predicted octanol–water partition coefficient (Wildman–Crippen LogP) is 5.94. The number of halogens is 3. The molecule has 148 valence electrons. The lowest BCUT2D eigenvalue weighted by molar-refractivity contribution is -0.274. The highest BCUT2D eigenvalue weighted by molar-refractivity contribution is 7.87. The van der Waals surface area contributed by atoms with Gasteiger partial charge in [0.2, 0.25) is 0 Å². The van der Waals surface area contributed by atoms with Gasteiger partial charge in [-0.1, -0.05) is 30.3 Å². The Morgan fingerprint density at radius 1 is 1.18 bits per heavy atom. The maximum Gasteiger partial charge on any atom is 0.573 e. The summed E-state index contributed by atoms with van der Waals surface area (Å²) in [5.41, 5.74) is 1.66. The Morgan fingerprint density at radius 2 is 1.93 bits per heavy atom. The van der Waals surface area contributed by atoms with Gasteiger partial charge in [-0.25, -0.2) is 4.21 Å². The fraction of sp³-hybridized carbons (Fsp3) is 0.300. The molecule has 28 heavy (non-hydrogen) atoms. The number of ether oxygens (including phenoxy) is 1. The number of thiophene rings is 1. The minimum absolute atomic E-state index is 0.110. The minimum Gasteiger partial charge on any atom is -0.406 e. The van der Waals surface area contributed by atoms with Gasteiger partial charge in [-0.05, 0) is 54.5 Å². The molecule has 0 saturated heterocycles. The molecule has 0 bridgehead atoms. The Hall–Kier alpha value is -2.06. The second kappa shape index (κ2) is 7.40. The standard InChI is InChI=1S/C20H18F3NO2S2/c1-13-17-7-2-3-8-18(17)27-19(13)24(28(25)16-9-10-16)12-14-5-4-6-15(11-14)26-20(21,22)23/h2-8,11,16H,9-10,12H2,1H3. The van der Waals surface area contributed by atoms with Crippen molar-refractivity contribution in [1.29, 1.82) is 0 Å². The highest BCUT2D eigenvalue weighted by Gasteiger charge is 2.35. The van der Waals surface area contributed by atoms with Gasteiger partial charge in [0.1, 0.15) is 21.7 Å². The Labute approximate surface area is 167 Å². The van der Waals surface area contributed by atoms with Crippen LogP contribution in [0.4, 0.5) is 18.2 Å². The molecule has 1 saturated carbocycles. The summed E-state index contributed by atoms with van der Waals surface area (Å²) in [6.45, 7) is 2.25. The lowest BCUT2D eigenvalue weighted by Crippen LogP contribution is -2.27. The smallest absolute Gasteiger partial charge is 0.406 e. The lowest BCUT2D eigenvalue weighted by atomic mass is 10.2. The van der Waals surface area contributed by atoms with Crippen LogP contribution in [0, 0.1) is 6.92 Å². The predicted molar refractivity (Wildman–Crippen MR) is 107 cm³/mol. The summed E-state index contributed by atoms with van der Waals surface area (Å²) in [7, 11) is -1.23. The third kappa shape index (κ3) is 4.17. The molecule has 1 fully saturated rings. The summed E-state index contributed by atoms with van der Waals surface area (Å²) in [4.78, 5) is 0. The van der Waals surface area contributed by atoms with E-state index < -0.39 is 17.3 Å². The summed E-state index contributed by atoms with van der Waals surface area (Å²) in [5.74, 6) is -0.268. The molecule has 0 radical (unpaired) electrons. The van der Waals surface area contributed by atoms with Crippen LogP contribution in [-0.4, -0.2) is 15.8 Å². The van der Waals surface area contributed by atoms with Crippen LogP contribution in [0.15, 0.2) is 48.5 Å². The van der Waals surface area contributed by atoms with E-state index in [1.165, 1.54) is 18.2 Å². The number of aryl methyl sites for hydroxylation is 1. The van der Waals surface area contributed by atoms with Gasteiger partial charge in [-0.15, -0.1) is 24.5 Å². The highest BCUT2D eigenvalue weighted by atomic mass is 32.2. The quantitative estimate of drug-likeness (QED) is 0.489. The van der Waals surface area contributed by atoms with Crippen LogP contribution in [0.2, 0.25) is 0 Å².